The number of Topliss-reactive ketones (excluding diaryl/α,β-unsaturated/α-hetero) is 3. The van der Waals surface area contributed by atoms with Gasteiger partial charge in [-0.3, -0.25) is 14.4 Å². The normalized spacial score (nSPS) is 9.44. The molecule has 0 heterocycles. The number of carbonyl (C=O) groups is 3. The average Bonchev–Trinajstić information content (AvgIpc) is 3.05. The monoisotopic (exact) mass is 609 g/mol. The van der Waals surface area contributed by atoms with E-state index in [0.717, 1.165) is 45.9 Å². The Labute approximate surface area is 269 Å². The number of allylic oxidation sites excluding steroid dienone is 1. The number of anilines is 1. The Morgan fingerprint density at radius 3 is 1.49 bits per heavy atom. The van der Waals surface area contributed by atoms with E-state index in [1.165, 1.54) is 12.5 Å². The van der Waals surface area contributed by atoms with Crippen LogP contribution in [0.5, 0.6) is 11.5 Å². The van der Waals surface area contributed by atoms with Gasteiger partial charge in [-0.1, -0.05) is 73.7 Å². The van der Waals surface area contributed by atoms with Crippen molar-refractivity contribution in [2.24, 2.45) is 0 Å². The number of ether oxygens (including phenoxy) is 2. The number of nitrogens with zero attached hydrogens (tertiary/aromatic N) is 1. The van der Waals surface area contributed by atoms with E-state index in [0.29, 0.717) is 5.56 Å². The predicted octanol–water partition coefficient (Wildman–Crippen LogP) is 9.03. The van der Waals surface area contributed by atoms with Gasteiger partial charge in [-0.2, -0.15) is 0 Å². The minimum Gasteiger partial charge on any atom is -0.497 e. The van der Waals surface area contributed by atoms with Crippen LogP contribution in [-0.2, 0) is 6.42 Å². The molecule has 0 aliphatic heterocycles. The van der Waals surface area contributed by atoms with Crippen molar-refractivity contribution >= 4 is 28.6 Å². The van der Waals surface area contributed by atoms with Gasteiger partial charge in [0.05, 0.1) is 14.2 Å². The van der Waals surface area contributed by atoms with E-state index < -0.39 is 0 Å². The van der Waals surface area contributed by atoms with Gasteiger partial charge in [0.25, 0.3) is 0 Å². The lowest BCUT2D eigenvalue weighted by atomic mass is 10.0. The minimum atomic E-state index is 0.0592. The van der Waals surface area contributed by atoms with E-state index in [2.05, 4.69) is 13.5 Å². The number of benzene rings is 4. The zero-order valence-electron chi connectivity index (χ0n) is 28.1. The van der Waals surface area contributed by atoms with Crippen LogP contribution in [0.15, 0.2) is 104 Å². The van der Waals surface area contributed by atoms with E-state index >= 15 is 0 Å². The summed E-state index contributed by atoms with van der Waals surface area (Å²) in [7, 11) is 7.28. The van der Waals surface area contributed by atoms with Gasteiger partial charge in [0, 0.05) is 42.5 Å². The first-order chi connectivity index (χ1) is 21.3. The number of aryl methyl sites for hydroxylation is 1. The van der Waals surface area contributed by atoms with Crippen LogP contribution in [0.3, 0.4) is 0 Å². The lowest BCUT2D eigenvalue weighted by molar-refractivity contribution is 0.100. The summed E-state index contributed by atoms with van der Waals surface area (Å²) in [6.07, 6.45) is 0.987. The van der Waals surface area contributed by atoms with Gasteiger partial charge in [-0.15, -0.1) is 0 Å². The Balaban J connectivity index is 0.000000300. The predicted molar refractivity (Wildman–Crippen MR) is 187 cm³/mol. The quantitative estimate of drug-likeness (QED) is 0.186. The first-order valence-electron chi connectivity index (χ1n) is 14.7. The van der Waals surface area contributed by atoms with Crippen LogP contribution in [0.1, 0.15) is 76.8 Å². The molecule has 238 valence electrons. The highest BCUT2D eigenvalue weighted by atomic mass is 16.5. The van der Waals surface area contributed by atoms with E-state index in [1.807, 2.05) is 105 Å². The second kappa shape index (κ2) is 20.1. The molecule has 4 aromatic carbocycles. The molecular weight excluding hydrogens is 562 g/mol. The van der Waals surface area contributed by atoms with E-state index in [9.17, 15) is 14.4 Å². The third-order valence-electron chi connectivity index (χ3n) is 6.55. The van der Waals surface area contributed by atoms with Crippen molar-refractivity contribution < 1.29 is 23.9 Å². The van der Waals surface area contributed by atoms with Crippen LogP contribution < -0.4 is 14.4 Å². The molecule has 0 atom stereocenters. The highest BCUT2D eigenvalue weighted by Gasteiger charge is 2.01. The van der Waals surface area contributed by atoms with Crippen molar-refractivity contribution in [1.82, 2.24) is 0 Å². The van der Waals surface area contributed by atoms with Gasteiger partial charge in [-0.05, 0) is 81.6 Å². The van der Waals surface area contributed by atoms with Crippen LogP contribution in [0.25, 0.3) is 5.57 Å². The van der Waals surface area contributed by atoms with Gasteiger partial charge in [0.2, 0.25) is 0 Å². The maximum Gasteiger partial charge on any atom is 0.159 e. The smallest absolute Gasteiger partial charge is 0.159 e. The molecule has 45 heavy (non-hydrogen) atoms. The molecule has 0 saturated heterocycles. The molecule has 0 aromatic heterocycles. The molecule has 0 aliphatic rings. The summed E-state index contributed by atoms with van der Waals surface area (Å²) in [5, 5.41) is 0. The molecule has 0 radical (unpaired) electrons. The molecule has 4 aromatic rings. The molecule has 4 rings (SSSR count). The van der Waals surface area contributed by atoms with Gasteiger partial charge in [0.15, 0.2) is 17.3 Å². The van der Waals surface area contributed by atoms with Crippen molar-refractivity contribution in [3.05, 3.63) is 131 Å². The number of carbonyl (C=O) groups excluding carboxylic acids is 3. The highest BCUT2D eigenvalue weighted by Crippen LogP contribution is 2.18. The van der Waals surface area contributed by atoms with Gasteiger partial charge in [0.1, 0.15) is 11.5 Å². The zero-order valence-corrected chi connectivity index (χ0v) is 28.1. The molecule has 0 bridgehead atoms. The maximum atomic E-state index is 11.0. The molecule has 0 spiro atoms. The molecule has 6 nitrogen and oxygen atoms in total. The van der Waals surface area contributed by atoms with Crippen LogP contribution in [0.2, 0.25) is 0 Å². The van der Waals surface area contributed by atoms with Crippen LogP contribution in [-0.4, -0.2) is 45.7 Å². The second-order valence-corrected chi connectivity index (χ2v) is 10.4. The van der Waals surface area contributed by atoms with Gasteiger partial charge >= 0.3 is 0 Å². The van der Waals surface area contributed by atoms with Crippen LogP contribution in [0, 0.1) is 0 Å². The lowest BCUT2D eigenvalue weighted by Crippen LogP contribution is -2.08. The topological polar surface area (TPSA) is 72.9 Å². The largest absolute Gasteiger partial charge is 0.497 e. The van der Waals surface area contributed by atoms with Gasteiger partial charge < -0.3 is 14.4 Å². The molecule has 0 N–H and O–H groups in total. The molecule has 6 heteroatoms. The Morgan fingerprint density at radius 2 is 1.02 bits per heavy atom. The Hall–Kier alpha value is -4.97. The third-order valence-corrected chi connectivity index (χ3v) is 6.55. The van der Waals surface area contributed by atoms with Crippen LogP contribution in [0.4, 0.5) is 5.69 Å². The number of hydrogen-bond acceptors (Lipinski definition) is 6. The summed E-state index contributed by atoms with van der Waals surface area (Å²) in [4.78, 5) is 34.8. The van der Waals surface area contributed by atoms with Crippen molar-refractivity contribution in [3.63, 3.8) is 0 Å². The number of hydrogen-bond donors (Lipinski definition) is 0. The number of rotatable bonds is 8. The molecular formula is C39H47NO5. The molecule has 0 aliphatic carbocycles. The fourth-order valence-corrected chi connectivity index (χ4v) is 3.74. The second-order valence-electron chi connectivity index (χ2n) is 10.4. The summed E-state index contributed by atoms with van der Waals surface area (Å²) in [5.74, 6) is 1.91. The maximum absolute atomic E-state index is 11.0. The fraction of sp³-hybridized carbons (Fsp3) is 0.256. The molecule has 0 saturated carbocycles. The van der Waals surface area contributed by atoms with E-state index in [4.69, 9.17) is 9.47 Å². The molecule has 0 unspecified atom stereocenters. The SMILES string of the molecule is C=C(C)c1cccc(C(C)=O)c1.CCc1cccc(C(C)=O)c1.COc1cccc(C(C)=O)c1.COc1cccc(N(C)C)c1. The fourth-order valence-electron chi connectivity index (χ4n) is 3.74. The molecule has 0 amide bonds. The van der Waals surface area contributed by atoms with Crippen molar-refractivity contribution in [1.29, 1.82) is 0 Å². The Morgan fingerprint density at radius 1 is 0.600 bits per heavy atom. The summed E-state index contributed by atoms with van der Waals surface area (Å²) >= 11 is 0. The molecule has 0 fully saturated rings. The van der Waals surface area contributed by atoms with Crippen LogP contribution >= 0.6 is 0 Å². The Bertz CT molecular complexity index is 1470. The van der Waals surface area contributed by atoms with E-state index in [1.54, 1.807) is 46.3 Å². The van der Waals surface area contributed by atoms with E-state index in [-0.39, 0.29) is 17.3 Å². The average molecular weight is 610 g/mol. The number of ketones is 3. The summed E-state index contributed by atoms with van der Waals surface area (Å²) in [6.45, 7) is 12.5. The lowest BCUT2D eigenvalue weighted by Gasteiger charge is -2.12. The summed E-state index contributed by atoms with van der Waals surface area (Å²) in [5.41, 5.74) is 6.63. The summed E-state index contributed by atoms with van der Waals surface area (Å²) < 4.78 is 10.0. The highest BCUT2D eigenvalue weighted by molar-refractivity contribution is 5.95. The van der Waals surface area contributed by atoms with Gasteiger partial charge in [-0.25, -0.2) is 0 Å². The minimum absolute atomic E-state index is 0.0592. The van der Waals surface area contributed by atoms with Crippen molar-refractivity contribution in [2.75, 3.05) is 33.2 Å². The first kappa shape index (κ1) is 38.1. The van der Waals surface area contributed by atoms with Crippen molar-refractivity contribution in [2.45, 2.75) is 41.0 Å². The third kappa shape index (κ3) is 14.4. The first-order valence-corrected chi connectivity index (χ1v) is 14.7. The zero-order chi connectivity index (χ0) is 33.9. The summed E-state index contributed by atoms with van der Waals surface area (Å²) in [6, 6.07) is 30.3. The number of methoxy groups -OCH3 is 2. The van der Waals surface area contributed by atoms with Crippen molar-refractivity contribution in [3.8, 4) is 11.5 Å². The standard InChI is InChI=1S/C11H12O.C10H12O.C9H13NO.C9H10O2/c1-8(2)10-5-4-6-11(7-10)9(3)12;1-3-9-5-4-6-10(7-9)8(2)11;1-10(2)8-5-4-6-9(7-8)11-3;1-7(10)8-4-3-5-9(6-8)11-2/h4-7H,1H2,2-3H3;4-7H,3H2,1-2H3;4-7H,1-3H3;3-6H,1-2H3. The Kier molecular flexibility index (Phi) is 17.0.